The number of nitrogens with one attached hydrogen (secondary N) is 3. The molecule has 1 rings (SSSR count). The highest BCUT2D eigenvalue weighted by Gasteiger charge is 2.14. The molecule has 1 heterocycles. The summed E-state index contributed by atoms with van der Waals surface area (Å²) < 4.78 is 0. The van der Waals surface area contributed by atoms with Gasteiger partial charge in [-0.1, -0.05) is 13.8 Å². The first-order chi connectivity index (χ1) is 8.67. The molecule has 0 unspecified atom stereocenters. The van der Waals surface area contributed by atoms with Gasteiger partial charge in [-0.05, 0) is 13.1 Å². The van der Waals surface area contributed by atoms with Gasteiger partial charge in [0.25, 0.3) is 0 Å². The van der Waals surface area contributed by atoms with E-state index in [1.807, 2.05) is 13.8 Å². The van der Waals surface area contributed by atoms with Gasteiger partial charge in [0.15, 0.2) is 0 Å². The normalized spacial score (nSPS) is 10.4. The van der Waals surface area contributed by atoms with Gasteiger partial charge in [-0.15, -0.1) is 0 Å². The van der Waals surface area contributed by atoms with Crippen LogP contribution >= 0.6 is 0 Å². The zero-order valence-corrected chi connectivity index (χ0v) is 10.6. The molecule has 0 aliphatic rings. The van der Waals surface area contributed by atoms with E-state index in [4.69, 9.17) is 0 Å². The first-order valence-corrected chi connectivity index (χ1v) is 5.84. The molecule has 3 N–H and O–H groups in total. The molecule has 0 radical (unpaired) electrons. The van der Waals surface area contributed by atoms with Crippen LogP contribution in [0.5, 0.6) is 0 Å². The van der Waals surface area contributed by atoms with Crippen molar-refractivity contribution >= 4 is 17.8 Å². The van der Waals surface area contributed by atoms with Crippen LogP contribution < -0.4 is 10.6 Å². The fourth-order valence-electron chi connectivity index (χ4n) is 1.38. The summed E-state index contributed by atoms with van der Waals surface area (Å²) >= 11 is 0. The molecule has 2 amide bonds. The largest absolute Gasteiger partial charge is 0.347 e. The molecule has 0 aliphatic heterocycles. The number of anilines is 1. The summed E-state index contributed by atoms with van der Waals surface area (Å²) in [4.78, 5) is 28.7. The van der Waals surface area contributed by atoms with Crippen LogP contribution in [0.15, 0.2) is 6.33 Å². The summed E-state index contributed by atoms with van der Waals surface area (Å²) in [6, 6.07) is 0. The van der Waals surface area contributed by atoms with Crippen LogP contribution in [0.3, 0.4) is 0 Å². The van der Waals surface area contributed by atoms with Crippen LogP contribution in [0.25, 0.3) is 0 Å². The van der Waals surface area contributed by atoms with Crippen molar-refractivity contribution in [1.29, 1.82) is 0 Å². The van der Waals surface area contributed by atoms with E-state index >= 15 is 0 Å². The smallest absolute Gasteiger partial charge is 0.316 e. The van der Waals surface area contributed by atoms with Gasteiger partial charge in [0.1, 0.15) is 6.33 Å². The Balaban J connectivity index is 2.26. The molecule has 0 fully saturated rings. The molecule has 8 heteroatoms. The van der Waals surface area contributed by atoms with Gasteiger partial charge in [0, 0.05) is 13.1 Å². The lowest BCUT2D eigenvalue weighted by molar-refractivity contribution is -0.136. The van der Waals surface area contributed by atoms with Gasteiger partial charge < -0.3 is 10.2 Å². The van der Waals surface area contributed by atoms with E-state index in [2.05, 4.69) is 30.7 Å². The van der Waals surface area contributed by atoms with Crippen molar-refractivity contribution in [2.45, 2.75) is 13.8 Å². The number of likely N-dealkylation sites (N-methyl/N-ethyl adjacent to an activating group) is 1. The molecule has 0 bridgehead atoms. The summed E-state index contributed by atoms with van der Waals surface area (Å²) in [7, 11) is 0. The lowest BCUT2D eigenvalue weighted by Gasteiger charge is -2.17. The third-order valence-corrected chi connectivity index (χ3v) is 2.46. The van der Waals surface area contributed by atoms with Gasteiger partial charge in [0.2, 0.25) is 5.95 Å². The van der Waals surface area contributed by atoms with E-state index in [9.17, 15) is 9.59 Å². The number of aromatic nitrogens is 3. The molecular weight excluding hydrogens is 236 g/mol. The third kappa shape index (κ3) is 4.50. The maximum Gasteiger partial charge on any atom is 0.316 e. The van der Waals surface area contributed by atoms with Crippen molar-refractivity contribution < 1.29 is 9.59 Å². The second-order valence-corrected chi connectivity index (χ2v) is 3.57. The Morgan fingerprint density at radius 2 is 2.06 bits per heavy atom. The number of carbonyl (C=O) groups is 2. The predicted octanol–water partition coefficient (Wildman–Crippen LogP) is -0.799. The number of H-pyrrole nitrogens is 1. The highest BCUT2D eigenvalue weighted by molar-refractivity contribution is 6.39. The number of amides is 2. The Morgan fingerprint density at radius 3 is 2.61 bits per heavy atom. The lowest BCUT2D eigenvalue weighted by atomic mass is 10.4. The minimum absolute atomic E-state index is 0.152. The van der Waals surface area contributed by atoms with Gasteiger partial charge in [-0.2, -0.15) is 10.1 Å². The van der Waals surface area contributed by atoms with E-state index in [0.29, 0.717) is 13.1 Å². The summed E-state index contributed by atoms with van der Waals surface area (Å²) in [6.45, 7) is 7.07. The highest BCUT2D eigenvalue weighted by atomic mass is 16.2. The summed E-state index contributed by atoms with van der Waals surface area (Å²) in [5.74, 6) is -1.29. The molecule has 0 aliphatic carbocycles. The van der Waals surface area contributed by atoms with Crippen molar-refractivity contribution in [3.8, 4) is 0 Å². The van der Waals surface area contributed by atoms with Crippen molar-refractivity contribution in [2.75, 3.05) is 31.5 Å². The fourth-order valence-corrected chi connectivity index (χ4v) is 1.38. The summed E-state index contributed by atoms with van der Waals surface area (Å²) in [6.07, 6.45) is 1.24. The van der Waals surface area contributed by atoms with Crippen LogP contribution in [0.2, 0.25) is 0 Å². The van der Waals surface area contributed by atoms with Gasteiger partial charge in [-0.3, -0.25) is 14.9 Å². The van der Waals surface area contributed by atoms with Gasteiger partial charge in [-0.25, -0.2) is 5.10 Å². The fraction of sp³-hybridized carbons (Fsp3) is 0.600. The van der Waals surface area contributed by atoms with E-state index in [1.165, 1.54) is 6.33 Å². The van der Waals surface area contributed by atoms with E-state index in [0.717, 1.165) is 13.1 Å². The molecule has 8 nitrogen and oxygen atoms in total. The molecular formula is C10H18N6O2. The molecule has 18 heavy (non-hydrogen) atoms. The van der Waals surface area contributed by atoms with Crippen LogP contribution in [0.1, 0.15) is 13.8 Å². The maximum atomic E-state index is 11.4. The highest BCUT2D eigenvalue weighted by Crippen LogP contribution is 1.91. The standard InChI is InChI=1S/C10H18N6O2/c1-3-16(4-2)6-5-11-8(17)9(18)14-10-12-7-13-15-10/h7H,3-6H2,1-2H3,(H,11,17)(H2,12,13,14,15,18). The Hall–Kier alpha value is -1.96. The minimum atomic E-state index is -0.758. The molecule has 1 aromatic rings. The second-order valence-electron chi connectivity index (χ2n) is 3.57. The third-order valence-electron chi connectivity index (χ3n) is 2.46. The van der Waals surface area contributed by atoms with Gasteiger partial charge >= 0.3 is 11.8 Å². The molecule has 0 saturated heterocycles. The minimum Gasteiger partial charge on any atom is -0.347 e. The molecule has 0 saturated carbocycles. The average molecular weight is 254 g/mol. The zero-order valence-electron chi connectivity index (χ0n) is 10.6. The monoisotopic (exact) mass is 254 g/mol. The Labute approximate surface area is 105 Å². The van der Waals surface area contributed by atoms with Crippen LogP contribution in [0, 0.1) is 0 Å². The van der Waals surface area contributed by atoms with Crippen molar-refractivity contribution in [3.63, 3.8) is 0 Å². The van der Waals surface area contributed by atoms with Crippen LogP contribution in [-0.2, 0) is 9.59 Å². The number of aromatic amines is 1. The molecule has 100 valence electrons. The van der Waals surface area contributed by atoms with Crippen molar-refractivity contribution in [1.82, 2.24) is 25.4 Å². The van der Waals surface area contributed by atoms with Crippen LogP contribution in [-0.4, -0.2) is 58.1 Å². The summed E-state index contributed by atoms with van der Waals surface area (Å²) in [5, 5.41) is 10.8. The Bertz CT molecular complexity index is 374. The number of hydrogen-bond acceptors (Lipinski definition) is 5. The van der Waals surface area contributed by atoms with E-state index < -0.39 is 11.8 Å². The molecule has 0 aromatic carbocycles. The molecule has 1 aromatic heterocycles. The van der Waals surface area contributed by atoms with Gasteiger partial charge in [0.05, 0.1) is 0 Å². The van der Waals surface area contributed by atoms with Crippen LogP contribution in [0.4, 0.5) is 5.95 Å². The topological polar surface area (TPSA) is 103 Å². The first-order valence-electron chi connectivity index (χ1n) is 5.84. The SMILES string of the molecule is CCN(CC)CCNC(=O)C(=O)Nc1ncn[nH]1. The predicted molar refractivity (Wildman–Crippen MR) is 65.8 cm³/mol. The van der Waals surface area contributed by atoms with E-state index in [-0.39, 0.29) is 5.95 Å². The zero-order chi connectivity index (χ0) is 13.4. The maximum absolute atomic E-state index is 11.4. The summed E-state index contributed by atoms with van der Waals surface area (Å²) in [5.41, 5.74) is 0. The number of rotatable bonds is 6. The average Bonchev–Trinajstić information content (AvgIpc) is 2.87. The van der Waals surface area contributed by atoms with Crippen molar-refractivity contribution in [2.24, 2.45) is 0 Å². The number of nitrogens with zero attached hydrogens (tertiary/aromatic N) is 3. The van der Waals surface area contributed by atoms with Crippen molar-refractivity contribution in [3.05, 3.63) is 6.33 Å². The Morgan fingerprint density at radius 1 is 1.33 bits per heavy atom. The number of hydrogen-bond donors (Lipinski definition) is 3. The Kier molecular flexibility index (Phi) is 5.78. The number of carbonyl (C=O) groups excluding carboxylic acids is 2. The quantitative estimate of drug-likeness (QED) is 0.577. The first kappa shape index (κ1) is 14.1. The molecule has 0 atom stereocenters. The van der Waals surface area contributed by atoms with E-state index in [1.54, 1.807) is 0 Å². The molecule has 0 spiro atoms. The second kappa shape index (κ2) is 7.38. The lowest BCUT2D eigenvalue weighted by Crippen LogP contribution is -2.40.